The van der Waals surface area contributed by atoms with Crippen LogP contribution < -0.4 is 0 Å². The van der Waals surface area contributed by atoms with E-state index in [9.17, 15) is 13.6 Å². The number of rotatable bonds is 4. The number of nitrogens with zero attached hydrogens (tertiary/aromatic N) is 1. The van der Waals surface area contributed by atoms with Crippen molar-refractivity contribution in [2.24, 2.45) is 0 Å². The highest BCUT2D eigenvalue weighted by atomic mass is 32.1. The third kappa shape index (κ3) is 2.98. The highest BCUT2D eigenvalue weighted by Gasteiger charge is 2.20. The summed E-state index contributed by atoms with van der Waals surface area (Å²) in [6.45, 7) is 2.65. The molecule has 5 heteroatoms. The van der Waals surface area contributed by atoms with Gasteiger partial charge in [0.2, 0.25) is 0 Å². The summed E-state index contributed by atoms with van der Waals surface area (Å²) in [5, 5.41) is 1.91. The van der Waals surface area contributed by atoms with Crippen molar-refractivity contribution < 1.29 is 13.6 Å². The molecular weight excluding hydrogens is 268 g/mol. The summed E-state index contributed by atoms with van der Waals surface area (Å²) in [5.41, 5.74) is -0.224. The lowest BCUT2D eigenvalue weighted by Crippen LogP contribution is -2.30. The van der Waals surface area contributed by atoms with Gasteiger partial charge in [-0.2, -0.15) is 0 Å². The van der Waals surface area contributed by atoms with Crippen LogP contribution in [0.25, 0.3) is 0 Å². The van der Waals surface area contributed by atoms with Gasteiger partial charge in [0, 0.05) is 11.4 Å². The molecule has 1 amide bonds. The SMILES string of the molecule is CCN(Cc1cccs1)C(=O)c1cccc(F)c1F. The zero-order valence-corrected chi connectivity index (χ0v) is 11.2. The Balaban J connectivity index is 2.23. The van der Waals surface area contributed by atoms with Crippen molar-refractivity contribution in [2.45, 2.75) is 13.5 Å². The molecule has 0 saturated heterocycles. The Bertz CT molecular complexity index is 569. The van der Waals surface area contributed by atoms with Crippen molar-refractivity contribution in [3.8, 4) is 0 Å². The maximum absolute atomic E-state index is 13.6. The van der Waals surface area contributed by atoms with Gasteiger partial charge >= 0.3 is 0 Å². The molecule has 0 saturated carbocycles. The minimum absolute atomic E-state index is 0.224. The summed E-state index contributed by atoms with van der Waals surface area (Å²) >= 11 is 1.52. The fourth-order valence-corrected chi connectivity index (χ4v) is 2.48. The van der Waals surface area contributed by atoms with E-state index in [1.54, 1.807) is 0 Å². The standard InChI is InChI=1S/C14H13F2NOS/c1-2-17(9-10-5-4-8-19-10)14(18)11-6-3-7-12(15)13(11)16/h3-8H,2,9H2,1H3. The number of hydrogen-bond acceptors (Lipinski definition) is 2. The average Bonchev–Trinajstić information content (AvgIpc) is 2.91. The van der Waals surface area contributed by atoms with E-state index in [0.29, 0.717) is 13.1 Å². The van der Waals surface area contributed by atoms with Gasteiger partial charge in [-0.25, -0.2) is 8.78 Å². The molecule has 0 N–H and O–H groups in total. The first-order valence-corrected chi connectivity index (χ1v) is 6.77. The van der Waals surface area contributed by atoms with Crippen LogP contribution in [0.3, 0.4) is 0 Å². The van der Waals surface area contributed by atoms with Crippen LogP contribution in [0.5, 0.6) is 0 Å². The van der Waals surface area contributed by atoms with Crippen molar-refractivity contribution in [3.63, 3.8) is 0 Å². The van der Waals surface area contributed by atoms with Crippen LogP contribution in [-0.2, 0) is 6.54 Å². The molecule has 0 atom stereocenters. The van der Waals surface area contributed by atoms with Gasteiger partial charge in [0.25, 0.3) is 5.91 Å². The quantitative estimate of drug-likeness (QED) is 0.837. The molecule has 2 aromatic rings. The van der Waals surface area contributed by atoms with E-state index < -0.39 is 17.5 Å². The van der Waals surface area contributed by atoms with E-state index >= 15 is 0 Å². The first-order valence-electron chi connectivity index (χ1n) is 5.89. The lowest BCUT2D eigenvalue weighted by Gasteiger charge is -2.20. The van der Waals surface area contributed by atoms with Gasteiger partial charge < -0.3 is 4.90 Å². The van der Waals surface area contributed by atoms with Crippen molar-refractivity contribution in [1.82, 2.24) is 4.90 Å². The summed E-state index contributed by atoms with van der Waals surface area (Å²) in [7, 11) is 0. The largest absolute Gasteiger partial charge is 0.334 e. The Labute approximate surface area is 114 Å². The molecule has 1 aromatic carbocycles. The molecule has 2 rings (SSSR count). The van der Waals surface area contributed by atoms with Crippen LogP contribution in [0.15, 0.2) is 35.7 Å². The van der Waals surface area contributed by atoms with Crippen LogP contribution >= 0.6 is 11.3 Å². The predicted octanol–water partition coefficient (Wildman–Crippen LogP) is 3.69. The van der Waals surface area contributed by atoms with Gasteiger partial charge in [0.1, 0.15) is 0 Å². The van der Waals surface area contributed by atoms with Gasteiger partial charge in [-0.15, -0.1) is 11.3 Å². The third-order valence-corrected chi connectivity index (χ3v) is 3.64. The number of benzene rings is 1. The van der Waals surface area contributed by atoms with E-state index in [1.165, 1.54) is 28.4 Å². The number of hydrogen-bond donors (Lipinski definition) is 0. The summed E-state index contributed by atoms with van der Waals surface area (Å²) < 4.78 is 26.7. The fourth-order valence-electron chi connectivity index (χ4n) is 1.76. The second-order valence-corrected chi connectivity index (χ2v) is 5.03. The number of amides is 1. The summed E-state index contributed by atoms with van der Waals surface area (Å²) in [5.74, 6) is -2.58. The predicted molar refractivity (Wildman–Crippen MR) is 71.1 cm³/mol. The van der Waals surface area contributed by atoms with Crippen molar-refractivity contribution in [1.29, 1.82) is 0 Å². The normalized spacial score (nSPS) is 10.5. The number of thiophene rings is 1. The highest BCUT2D eigenvalue weighted by molar-refractivity contribution is 7.09. The lowest BCUT2D eigenvalue weighted by molar-refractivity contribution is 0.0748. The van der Waals surface area contributed by atoms with Crippen LogP contribution in [0.1, 0.15) is 22.2 Å². The molecule has 0 aliphatic carbocycles. The smallest absolute Gasteiger partial charge is 0.257 e. The molecule has 1 heterocycles. The Morgan fingerprint density at radius 1 is 1.26 bits per heavy atom. The van der Waals surface area contributed by atoms with Gasteiger partial charge in [0.05, 0.1) is 12.1 Å². The molecule has 0 fully saturated rings. The minimum Gasteiger partial charge on any atom is -0.334 e. The highest BCUT2D eigenvalue weighted by Crippen LogP contribution is 2.17. The Hall–Kier alpha value is -1.75. The molecule has 0 spiro atoms. The molecular formula is C14H13F2NOS. The van der Waals surface area contributed by atoms with Crippen LogP contribution in [0.2, 0.25) is 0 Å². The van der Waals surface area contributed by atoms with E-state index in [-0.39, 0.29) is 5.56 Å². The topological polar surface area (TPSA) is 20.3 Å². The first-order chi connectivity index (χ1) is 9.13. The molecule has 0 bridgehead atoms. The summed E-state index contributed by atoms with van der Waals surface area (Å²) in [6, 6.07) is 7.44. The van der Waals surface area contributed by atoms with E-state index in [1.807, 2.05) is 24.4 Å². The summed E-state index contributed by atoms with van der Waals surface area (Å²) in [6.07, 6.45) is 0. The maximum Gasteiger partial charge on any atom is 0.257 e. The van der Waals surface area contributed by atoms with Gasteiger partial charge in [-0.1, -0.05) is 12.1 Å². The minimum atomic E-state index is -1.09. The number of halogens is 2. The van der Waals surface area contributed by atoms with Crippen molar-refractivity contribution in [2.75, 3.05) is 6.54 Å². The summed E-state index contributed by atoms with van der Waals surface area (Å²) in [4.78, 5) is 14.7. The van der Waals surface area contributed by atoms with Crippen molar-refractivity contribution in [3.05, 3.63) is 57.8 Å². The molecule has 0 radical (unpaired) electrons. The van der Waals surface area contributed by atoms with Crippen LogP contribution in [0.4, 0.5) is 8.78 Å². The molecule has 19 heavy (non-hydrogen) atoms. The number of carbonyl (C=O) groups is 1. The van der Waals surface area contributed by atoms with E-state index in [0.717, 1.165) is 10.9 Å². The molecule has 0 aliphatic heterocycles. The molecule has 1 aromatic heterocycles. The maximum atomic E-state index is 13.6. The monoisotopic (exact) mass is 281 g/mol. The first kappa shape index (κ1) is 13.7. The molecule has 0 unspecified atom stereocenters. The Kier molecular flexibility index (Phi) is 4.27. The second kappa shape index (κ2) is 5.93. The number of carbonyl (C=O) groups excluding carboxylic acids is 1. The van der Waals surface area contributed by atoms with Gasteiger partial charge in [-0.3, -0.25) is 4.79 Å². The average molecular weight is 281 g/mol. The Morgan fingerprint density at radius 2 is 2.05 bits per heavy atom. The molecule has 100 valence electrons. The zero-order valence-electron chi connectivity index (χ0n) is 10.4. The fraction of sp³-hybridized carbons (Fsp3) is 0.214. The lowest BCUT2D eigenvalue weighted by atomic mass is 10.1. The van der Waals surface area contributed by atoms with Crippen LogP contribution in [-0.4, -0.2) is 17.4 Å². The van der Waals surface area contributed by atoms with E-state index in [4.69, 9.17) is 0 Å². The second-order valence-electron chi connectivity index (χ2n) is 4.00. The molecule has 2 nitrogen and oxygen atoms in total. The van der Waals surface area contributed by atoms with Gasteiger partial charge in [0.15, 0.2) is 11.6 Å². The zero-order chi connectivity index (χ0) is 13.8. The van der Waals surface area contributed by atoms with E-state index in [2.05, 4.69) is 0 Å². The third-order valence-electron chi connectivity index (χ3n) is 2.78. The molecule has 0 aliphatic rings. The van der Waals surface area contributed by atoms with Crippen molar-refractivity contribution >= 4 is 17.2 Å². The Morgan fingerprint density at radius 3 is 2.68 bits per heavy atom. The van der Waals surface area contributed by atoms with Crippen LogP contribution in [0, 0.1) is 11.6 Å². The van der Waals surface area contributed by atoms with Gasteiger partial charge in [-0.05, 0) is 30.5 Å².